The van der Waals surface area contributed by atoms with Crippen molar-refractivity contribution < 1.29 is 9.72 Å². The third kappa shape index (κ3) is 4.59. The van der Waals surface area contributed by atoms with Crippen LogP contribution in [-0.2, 0) is 13.1 Å². The number of nitro groups is 1. The molecular weight excluding hydrogens is 354 g/mol. The van der Waals surface area contributed by atoms with Crippen molar-refractivity contribution in [3.8, 4) is 0 Å². The third-order valence-electron chi connectivity index (χ3n) is 4.46. The summed E-state index contributed by atoms with van der Waals surface area (Å²) in [6.07, 6.45) is 2.51. The molecule has 7 heteroatoms. The fraction of sp³-hybridized carbons (Fsp3) is 0.316. The molecule has 0 aliphatic carbocycles. The van der Waals surface area contributed by atoms with Gasteiger partial charge in [0.05, 0.1) is 15.5 Å². The molecule has 1 heterocycles. The standard InChI is InChI=1S/C19H20ClN3O3/c20-18-11-16(23(25)26)6-7-17(18)19(24)21-12-14-4-3-5-15(10-14)13-22-8-1-2-9-22/h3-7,10-11H,1-2,8-9,12-13H2,(H,21,24). The SMILES string of the molecule is O=C(NCc1cccc(CN2CCCC2)c1)c1ccc([N+](=O)[O-])cc1Cl. The maximum absolute atomic E-state index is 12.3. The first-order valence-corrected chi connectivity index (χ1v) is 8.93. The minimum atomic E-state index is -0.542. The molecule has 136 valence electrons. The van der Waals surface area contributed by atoms with Crippen LogP contribution in [0.5, 0.6) is 0 Å². The first kappa shape index (κ1) is 18.4. The molecule has 0 saturated carbocycles. The molecule has 1 amide bonds. The normalized spacial score (nSPS) is 14.3. The van der Waals surface area contributed by atoms with Gasteiger partial charge in [0, 0.05) is 25.2 Å². The van der Waals surface area contributed by atoms with Crippen LogP contribution < -0.4 is 5.32 Å². The second-order valence-electron chi connectivity index (χ2n) is 6.41. The molecule has 1 fully saturated rings. The predicted octanol–water partition coefficient (Wildman–Crippen LogP) is 3.77. The van der Waals surface area contributed by atoms with E-state index in [-0.39, 0.29) is 22.2 Å². The Morgan fingerprint density at radius 3 is 2.58 bits per heavy atom. The quantitative estimate of drug-likeness (QED) is 0.617. The summed E-state index contributed by atoms with van der Waals surface area (Å²) in [5.41, 5.74) is 2.33. The highest BCUT2D eigenvalue weighted by atomic mass is 35.5. The van der Waals surface area contributed by atoms with Crippen molar-refractivity contribution >= 4 is 23.2 Å². The minimum Gasteiger partial charge on any atom is -0.348 e. The molecule has 2 aromatic rings. The van der Waals surface area contributed by atoms with Gasteiger partial charge < -0.3 is 5.32 Å². The Bertz CT molecular complexity index is 819. The van der Waals surface area contributed by atoms with Crippen LogP contribution in [-0.4, -0.2) is 28.8 Å². The molecule has 26 heavy (non-hydrogen) atoms. The Hall–Kier alpha value is -2.44. The molecule has 0 radical (unpaired) electrons. The zero-order valence-corrected chi connectivity index (χ0v) is 15.0. The van der Waals surface area contributed by atoms with Crippen molar-refractivity contribution in [2.75, 3.05) is 13.1 Å². The van der Waals surface area contributed by atoms with Crippen molar-refractivity contribution in [3.63, 3.8) is 0 Å². The van der Waals surface area contributed by atoms with Crippen LogP contribution in [0, 0.1) is 10.1 Å². The van der Waals surface area contributed by atoms with E-state index in [9.17, 15) is 14.9 Å². The van der Waals surface area contributed by atoms with Crippen LogP contribution in [0.1, 0.15) is 34.3 Å². The monoisotopic (exact) mass is 373 g/mol. The van der Waals surface area contributed by atoms with Gasteiger partial charge in [0.15, 0.2) is 0 Å². The lowest BCUT2D eigenvalue weighted by Crippen LogP contribution is -2.23. The average molecular weight is 374 g/mol. The molecule has 0 aromatic heterocycles. The van der Waals surface area contributed by atoms with Gasteiger partial charge in [0.2, 0.25) is 0 Å². The smallest absolute Gasteiger partial charge is 0.270 e. The number of nitrogens with zero attached hydrogens (tertiary/aromatic N) is 2. The molecule has 0 bridgehead atoms. The van der Waals surface area contributed by atoms with Gasteiger partial charge in [-0.05, 0) is 43.1 Å². The number of carbonyl (C=O) groups is 1. The summed E-state index contributed by atoms with van der Waals surface area (Å²) in [6.45, 7) is 3.58. The summed E-state index contributed by atoms with van der Waals surface area (Å²) in [7, 11) is 0. The van der Waals surface area contributed by atoms with Gasteiger partial charge in [-0.2, -0.15) is 0 Å². The molecule has 1 aliphatic heterocycles. The van der Waals surface area contributed by atoms with Crippen molar-refractivity contribution in [2.24, 2.45) is 0 Å². The Morgan fingerprint density at radius 2 is 1.88 bits per heavy atom. The predicted molar refractivity (Wildman–Crippen MR) is 100 cm³/mol. The largest absolute Gasteiger partial charge is 0.348 e. The molecular formula is C19H20ClN3O3. The number of carbonyl (C=O) groups excluding carboxylic acids is 1. The fourth-order valence-corrected chi connectivity index (χ4v) is 3.38. The van der Waals surface area contributed by atoms with Gasteiger partial charge in [-0.1, -0.05) is 35.9 Å². The van der Waals surface area contributed by atoms with E-state index in [1.54, 1.807) is 0 Å². The van der Waals surface area contributed by atoms with E-state index in [0.29, 0.717) is 6.54 Å². The van der Waals surface area contributed by atoms with Crippen LogP contribution in [0.25, 0.3) is 0 Å². The summed E-state index contributed by atoms with van der Waals surface area (Å²) < 4.78 is 0. The van der Waals surface area contributed by atoms with Crippen LogP contribution >= 0.6 is 11.6 Å². The summed E-state index contributed by atoms with van der Waals surface area (Å²) in [5.74, 6) is -0.352. The van der Waals surface area contributed by atoms with Crippen molar-refractivity contribution in [1.29, 1.82) is 0 Å². The molecule has 2 aromatic carbocycles. The number of nitro benzene ring substituents is 1. The van der Waals surface area contributed by atoms with Crippen molar-refractivity contribution in [2.45, 2.75) is 25.9 Å². The average Bonchev–Trinajstić information content (AvgIpc) is 3.13. The lowest BCUT2D eigenvalue weighted by Gasteiger charge is -2.15. The number of hydrogen-bond donors (Lipinski definition) is 1. The van der Waals surface area contributed by atoms with Crippen LogP contribution in [0.15, 0.2) is 42.5 Å². The van der Waals surface area contributed by atoms with E-state index in [2.05, 4.69) is 22.3 Å². The first-order valence-electron chi connectivity index (χ1n) is 8.55. The van der Waals surface area contributed by atoms with Gasteiger partial charge in [0.1, 0.15) is 0 Å². The highest BCUT2D eigenvalue weighted by Crippen LogP contribution is 2.22. The second kappa shape index (κ2) is 8.29. The Morgan fingerprint density at radius 1 is 1.15 bits per heavy atom. The number of hydrogen-bond acceptors (Lipinski definition) is 4. The molecule has 1 saturated heterocycles. The maximum atomic E-state index is 12.3. The van der Waals surface area contributed by atoms with E-state index in [1.165, 1.54) is 36.6 Å². The lowest BCUT2D eigenvalue weighted by atomic mass is 10.1. The fourth-order valence-electron chi connectivity index (χ4n) is 3.12. The van der Waals surface area contributed by atoms with Gasteiger partial charge in [0.25, 0.3) is 11.6 Å². The number of benzene rings is 2. The van der Waals surface area contributed by atoms with E-state index >= 15 is 0 Å². The molecule has 0 atom stereocenters. The maximum Gasteiger partial charge on any atom is 0.270 e. The lowest BCUT2D eigenvalue weighted by molar-refractivity contribution is -0.384. The van der Waals surface area contributed by atoms with Crippen molar-refractivity contribution in [1.82, 2.24) is 10.2 Å². The molecule has 1 N–H and O–H groups in total. The van der Waals surface area contributed by atoms with Gasteiger partial charge >= 0.3 is 0 Å². The summed E-state index contributed by atoms with van der Waals surface area (Å²) in [5, 5.41) is 13.6. The van der Waals surface area contributed by atoms with Gasteiger partial charge in [-0.25, -0.2) is 0 Å². The van der Waals surface area contributed by atoms with Crippen LogP contribution in [0.2, 0.25) is 5.02 Å². The summed E-state index contributed by atoms with van der Waals surface area (Å²) in [4.78, 5) is 24.9. The molecule has 0 unspecified atom stereocenters. The van der Waals surface area contributed by atoms with Gasteiger partial charge in [-0.3, -0.25) is 19.8 Å². The molecule has 1 aliphatic rings. The van der Waals surface area contributed by atoms with E-state index < -0.39 is 4.92 Å². The highest BCUT2D eigenvalue weighted by Gasteiger charge is 2.15. The van der Waals surface area contributed by atoms with Gasteiger partial charge in [-0.15, -0.1) is 0 Å². The first-order chi connectivity index (χ1) is 12.5. The molecule has 6 nitrogen and oxygen atoms in total. The number of likely N-dealkylation sites (tertiary alicyclic amines) is 1. The van der Waals surface area contributed by atoms with E-state index in [4.69, 9.17) is 11.6 Å². The Balaban J connectivity index is 1.61. The number of nitrogens with one attached hydrogen (secondary N) is 1. The zero-order chi connectivity index (χ0) is 18.5. The third-order valence-corrected chi connectivity index (χ3v) is 4.77. The summed E-state index contributed by atoms with van der Waals surface area (Å²) >= 11 is 6.00. The summed E-state index contributed by atoms with van der Waals surface area (Å²) in [6, 6.07) is 12.0. The topological polar surface area (TPSA) is 75.5 Å². The number of non-ortho nitro benzene ring substituents is 1. The Kier molecular flexibility index (Phi) is 5.85. The minimum absolute atomic E-state index is 0.0690. The molecule has 3 rings (SSSR count). The number of amides is 1. The van der Waals surface area contributed by atoms with E-state index in [1.807, 2.05) is 12.1 Å². The second-order valence-corrected chi connectivity index (χ2v) is 6.81. The van der Waals surface area contributed by atoms with Crippen LogP contribution in [0.3, 0.4) is 0 Å². The van der Waals surface area contributed by atoms with Crippen molar-refractivity contribution in [3.05, 3.63) is 74.3 Å². The molecule has 0 spiro atoms. The van der Waals surface area contributed by atoms with E-state index in [0.717, 1.165) is 25.2 Å². The number of rotatable bonds is 6. The number of halogens is 1. The van der Waals surface area contributed by atoms with Crippen LogP contribution in [0.4, 0.5) is 5.69 Å². The Labute approximate surface area is 156 Å². The highest BCUT2D eigenvalue weighted by molar-refractivity contribution is 6.34. The zero-order valence-electron chi connectivity index (χ0n) is 14.3.